The quantitative estimate of drug-likeness (QED) is 0.644. The van der Waals surface area contributed by atoms with Gasteiger partial charge in [-0.15, -0.1) is 0 Å². The van der Waals surface area contributed by atoms with Crippen molar-refractivity contribution < 1.29 is 9.50 Å². The molecule has 0 spiro atoms. The molecule has 2 aliphatic rings. The smallest absolute Gasteiger partial charge is 0.191 e. The van der Waals surface area contributed by atoms with Crippen molar-refractivity contribution in [3.05, 3.63) is 30.1 Å². The predicted octanol–water partition coefficient (Wildman–Crippen LogP) is 1.03. The third kappa shape index (κ3) is 3.32. The van der Waals surface area contributed by atoms with Gasteiger partial charge in [0.2, 0.25) is 0 Å². The van der Waals surface area contributed by atoms with E-state index in [1.54, 1.807) is 12.1 Å². The molecule has 1 heterocycles. The van der Waals surface area contributed by atoms with Gasteiger partial charge in [0.1, 0.15) is 5.82 Å². The topological polar surface area (TPSA) is 65.1 Å². The molecule has 1 aliphatic carbocycles. The van der Waals surface area contributed by atoms with Gasteiger partial charge in [0.25, 0.3) is 0 Å². The summed E-state index contributed by atoms with van der Waals surface area (Å²) in [5, 5.41) is 9.30. The normalized spacial score (nSPS) is 21.1. The molecule has 0 unspecified atom stereocenters. The second kappa shape index (κ2) is 6.12. The average Bonchev–Trinajstić information content (AvgIpc) is 3.34. The van der Waals surface area contributed by atoms with Gasteiger partial charge in [0.05, 0.1) is 13.2 Å². The molecular weight excluding hydrogens is 283 g/mol. The van der Waals surface area contributed by atoms with Crippen LogP contribution in [0.3, 0.4) is 0 Å². The summed E-state index contributed by atoms with van der Waals surface area (Å²) in [7, 11) is 0. The Bertz CT molecular complexity index is 534. The summed E-state index contributed by atoms with van der Waals surface area (Å²) >= 11 is 0. The molecule has 0 amide bonds. The van der Waals surface area contributed by atoms with Gasteiger partial charge in [-0.1, -0.05) is 0 Å². The van der Waals surface area contributed by atoms with E-state index in [9.17, 15) is 9.50 Å². The first kappa shape index (κ1) is 15.1. The first-order chi connectivity index (χ1) is 10.6. The van der Waals surface area contributed by atoms with Crippen molar-refractivity contribution in [3.63, 3.8) is 0 Å². The summed E-state index contributed by atoms with van der Waals surface area (Å²) in [6.45, 7) is 4.10. The molecule has 1 aromatic rings. The Morgan fingerprint density at radius 1 is 1.18 bits per heavy atom. The van der Waals surface area contributed by atoms with E-state index in [2.05, 4.69) is 14.8 Å². The van der Waals surface area contributed by atoms with Crippen LogP contribution in [0.2, 0.25) is 0 Å². The van der Waals surface area contributed by atoms with E-state index < -0.39 is 0 Å². The largest absolute Gasteiger partial charge is 0.396 e. The fraction of sp³-hybridized carbons (Fsp3) is 0.562. The van der Waals surface area contributed by atoms with Crippen molar-refractivity contribution >= 4 is 11.6 Å². The number of nitrogens with zero attached hydrogens (tertiary/aromatic N) is 3. The van der Waals surface area contributed by atoms with Crippen LogP contribution in [-0.2, 0) is 0 Å². The lowest BCUT2D eigenvalue weighted by atomic mass is 10.1. The van der Waals surface area contributed by atoms with Crippen LogP contribution in [0.4, 0.5) is 10.1 Å². The molecule has 0 aromatic heterocycles. The highest BCUT2D eigenvalue weighted by Crippen LogP contribution is 2.45. The molecule has 120 valence electrons. The summed E-state index contributed by atoms with van der Waals surface area (Å²) in [5.41, 5.74) is 7.10. The lowest BCUT2D eigenvalue weighted by Gasteiger charge is -2.36. The van der Waals surface area contributed by atoms with Gasteiger partial charge in [0, 0.05) is 37.3 Å². The van der Waals surface area contributed by atoms with Crippen LogP contribution >= 0.6 is 0 Å². The summed E-state index contributed by atoms with van der Waals surface area (Å²) < 4.78 is 13.0. The van der Waals surface area contributed by atoms with Gasteiger partial charge in [-0.25, -0.2) is 4.39 Å². The van der Waals surface area contributed by atoms with Crippen molar-refractivity contribution in [2.24, 2.45) is 16.1 Å². The Morgan fingerprint density at radius 3 is 2.36 bits per heavy atom. The highest BCUT2D eigenvalue weighted by atomic mass is 19.1. The van der Waals surface area contributed by atoms with Gasteiger partial charge in [-0.2, -0.15) is 0 Å². The Hall–Kier alpha value is -1.82. The van der Waals surface area contributed by atoms with E-state index in [1.165, 1.54) is 12.1 Å². The fourth-order valence-electron chi connectivity index (χ4n) is 2.74. The van der Waals surface area contributed by atoms with Crippen LogP contribution in [0, 0.1) is 11.2 Å². The third-order valence-corrected chi connectivity index (χ3v) is 4.66. The fourth-order valence-corrected chi connectivity index (χ4v) is 2.74. The zero-order chi connectivity index (χ0) is 15.6. The number of rotatable bonds is 4. The third-order valence-electron chi connectivity index (χ3n) is 4.66. The van der Waals surface area contributed by atoms with Crippen LogP contribution in [-0.4, -0.2) is 55.3 Å². The molecule has 0 atom stereocenters. The van der Waals surface area contributed by atoms with Crippen molar-refractivity contribution in [1.29, 1.82) is 0 Å². The Labute approximate surface area is 130 Å². The van der Waals surface area contributed by atoms with E-state index in [4.69, 9.17) is 5.73 Å². The summed E-state index contributed by atoms with van der Waals surface area (Å²) in [6.07, 6.45) is 2.08. The standard InChI is InChI=1S/C16H23FN4O/c17-13-1-3-14(4-2-13)20-7-9-21(10-8-20)15(18)19-11-16(12-22)5-6-16/h1-4,22H,5-12H2,(H2,18,19). The molecule has 0 bridgehead atoms. The molecule has 2 fully saturated rings. The average molecular weight is 306 g/mol. The molecule has 1 saturated heterocycles. The van der Waals surface area contributed by atoms with E-state index in [1.807, 2.05) is 0 Å². The molecule has 1 aliphatic heterocycles. The van der Waals surface area contributed by atoms with Crippen LogP contribution in [0.5, 0.6) is 0 Å². The molecule has 0 radical (unpaired) electrons. The molecule has 22 heavy (non-hydrogen) atoms. The number of aliphatic imine (C=N–C) groups is 1. The monoisotopic (exact) mass is 306 g/mol. The first-order valence-corrected chi connectivity index (χ1v) is 7.78. The van der Waals surface area contributed by atoms with E-state index in [-0.39, 0.29) is 17.8 Å². The summed E-state index contributed by atoms with van der Waals surface area (Å²) in [4.78, 5) is 8.75. The number of nitrogens with two attached hydrogens (primary N) is 1. The minimum Gasteiger partial charge on any atom is -0.396 e. The second-order valence-corrected chi connectivity index (χ2v) is 6.28. The highest BCUT2D eigenvalue weighted by Gasteiger charge is 2.41. The number of anilines is 1. The molecular formula is C16H23FN4O. The predicted molar refractivity (Wildman–Crippen MR) is 85.4 cm³/mol. The van der Waals surface area contributed by atoms with Gasteiger partial charge < -0.3 is 20.6 Å². The van der Waals surface area contributed by atoms with Gasteiger partial charge in [-0.05, 0) is 37.1 Å². The van der Waals surface area contributed by atoms with Gasteiger partial charge in [0.15, 0.2) is 5.96 Å². The highest BCUT2D eigenvalue weighted by molar-refractivity contribution is 5.78. The Kier molecular flexibility index (Phi) is 4.20. The van der Waals surface area contributed by atoms with Crippen molar-refractivity contribution in [3.8, 4) is 0 Å². The second-order valence-electron chi connectivity index (χ2n) is 6.28. The molecule has 1 aromatic carbocycles. The van der Waals surface area contributed by atoms with Gasteiger partial charge >= 0.3 is 0 Å². The maximum Gasteiger partial charge on any atom is 0.191 e. The molecule has 6 heteroatoms. The Morgan fingerprint density at radius 2 is 1.82 bits per heavy atom. The number of halogens is 1. The van der Waals surface area contributed by atoms with E-state index >= 15 is 0 Å². The number of aliphatic hydroxyl groups excluding tert-OH is 1. The lowest BCUT2D eigenvalue weighted by molar-refractivity contribution is 0.216. The van der Waals surface area contributed by atoms with Crippen LogP contribution < -0.4 is 10.6 Å². The van der Waals surface area contributed by atoms with Crippen molar-refractivity contribution in [2.45, 2.75) is 12.8 Å². The number of benzene rings is 1. The minimum atomic E-state index is -0.211. The summed E-state index contributed by atoms with van der Waals surface area (Å²) in [6, 6.07) is 6.59. The zero-order valence-electron chi connectivity index (χ0n) is 12.7. The number of hydrogen-bond acceptors (Lipinski definition) is 3. The molecule has 1 saturated carbocycles. The zero-order valence-corrected chi connectivity index (χ0v) is 12.7. The summed E-state index contributed by atoms with van der Waals surface area (Å²) in [5.74, 6) is 0.357. The van der Waals surface area contributed by atoms with Gasteiger partial charge in [-0.3, -0.25) is 4.99 Å². The molecule has 3 N–H and O–H groups in total. The SMILES string of the molecule is NC(=NCC1(CO)CC1)N1CCN(c2ccc(F)cc2)CC1. The number of aliphatic hydroxyl groups is 1. The van der Waals surface area contributed by atoms with Crippen molar-refractivity contribution in [2.75, 3.05) is 44.2 Å². The molecule has 3 rings (SSSR count). The van der Waals surface area contributed by atoms with E-state index in [0.29, 0.717) is 12.5 Å². The number of hydrogen-bond donors (Lipinski definition) is 2. The van der Waals surface area contributed by atoms with Crippen LogP contribution in [0.15, 0.2) is 29.3 Å². The van der Waals surface area contributed by atoms with Crippen LogP contribution in [0.25, 0.3) is 0 Å². The maximum absolute atomic E-state index is 13.0. The van der Waals surface area contributed by atoms with Crippen molar-refractivity contribution in [1.82, 2.24) is 4.90 Å². The maximum atomic E-state index is 13.0. The Balaban J connectivity index is 1.52. The number of piperazine rings is 1. The van der Waals surface area contributed by atoms with Crippen LogP contribution in [0.1, 0.15) is 12.8 Å². The molecule has 5 nitrogen and oxygen atoms in total. The first-order valence-electron chi connectivity index (χ1n) is 7.78. The minimum absolute atomic E-state index is 0.000549. The lowest BCUT2D eigenvalue weighted by Crippen LogP contribution is -2.51. The van der Waals surface area contributed by atoms with E-state index in [0.717, 1.165) is 44.7 Å². The number of guanidine groups is 1.